The highest BCUT2D eigenvalue weighted by Crippen LogP contribution is 2.20. The van der Waals surface area contributed by atoms with Crippen LogP contribution in [0.25, 0.3) is 22.0 Å². The minimum atomic E-state index is -0.0219. The molecule has 0 saturated carbocycles. The first-order valence-corrected chi connectivity index (χ1v) is 10.6. The summed E-state index contributed by atoms with van der Waals surface area (Å²) in [6, 6.07) is 25.8. The molecule has 0 N–H and O–H groups in total. The minimum Gasteiger partial charge on any atom is -0.340 e. The SMILES string of the molecule is O=C(Cc1ccc(-c2ccccc2)cc1)N1CCc2nc3ccccc3c(=O)n2CC1. The molecule has 31 heavy (non-hydrogen) atoms. The average Bonchev–Trinajstić information content (AvgIpc) is 3.03. The van der Waals surface area contributed by atoms with Crippen molar-refractivity contribution in [1.82, 2.24) is 14.5 Å². The Kier molecular flexibility index (Phi) is 5.08. The summed E-state index contributed by atoms with van der Waals surface area (Å²) >= 11 is 0. The van der Waals surface area contributed by atoms with Crippen molar-refractivity contribution in [2.45, 2.75) is 19.4 Å². The molecule has 0 fully saturated rings. The van der Waals surface area contributed by atoms with Gasteiger partial charge >= 0.3 is 0 Å². The number of aromatic nitrogens is 2. The first kappa shape index (κ1) is 19.2. The van der Waals surface area contributed by atoms with E-state index in [1.54, 1.807) is 4.57 Å². The van der Waals surface area contributed by atoms with Gasteiger partial charge in [0.25, 0.3) is 5.56 Å². The van der Waals surface area contributed by atoms with Crippen molar-refractivity contribution in [2.24, 2.45) is 0 Å². The van der Waals surface area contributed by atoms with Gasteiger partial charge in [-0.3, -0.25) is 14.2 Å². The first-order chi connectivity index (χ1) is 15.2. The van der Waals surface area contributed by atoms with Crippen molar-refractivity contribution in [2.75, 3.05) is 13.1 Å². The van der Waals surface area contributed by atoms with Gasteiger partial charge in [0.15, 0.2) is 0 Å². The third kappa shape index (κ3) is 3.87. The van der Waals surface area contributed by atoms with E-state index in [1.807, 2.05) is 59.5 Å². The molecule has 0 bridgehead atoms. The predicted octanol–water partition coefficient (Wildman–Crippen LogP) is 3.69. The van der Waals surface area contributed by atoms with Crippen LogP contribution in [0.1, 0.15) is 11.4 Å². The number of rotatable bonds is 3. The molecule has 1 aliphatic heterocycles. The van der Waals surface area contributed by atoms with Crippen LogP contribution in [0.15, 0.2) is 83.7 Å². The Morgan fingerprint density at radius 1 is 0.806 bits per heavy atom. The number of carbonyl (C=O) groups is 1. The highest BCUT2D eigenvalue weighted by molar-refractivity contribution is 5.79. The second kappa shape index (κ2) is 8.19. The molecule has 0 unspecified atom stereocenters. The zero-order valence-electron chi connectivity index (χ0n) is 17.2. The number of amides is 1. The van der Waals surface area contributed by atoms with Crippen molar-refractivity contribution >= 4 is 16.8 Å². The molecule has 1 aliphatic rings. The molecule has 1 amide bonds. The molecule has 3 aromatic carbocycles. The molecule has 5 heteroatoms. The summed E-state index contributed by atoms with van der Waals surface area (Å²) < 4.78 is 1.73. The molecule has 1 aromatic heterocycles. The van der Waals surface area contributed by atoms with Crippen LogP contribution >= 0.6 is 0 Å². The minimum absolute atomic E-state index is 0.0219. The van der Waals surface area contributed by atoms with E-state index in [1.165, 1.54) is 0 Å². The van der Waals surface area contributed by atoms with E-state index in [0.29, 0.717) is 37.9 Å². The maximum absolute atomic E-state index is 13.0. The highest BCUT2D eigenvalue weighted by atomic mass is 16.2. The van der Waals surface area contributed by atoms with Gasteiger partial charge in [0.1, 0.15) is 5.82 Å². The molecular weight excluding hydrogens is 386 g/mol. The number of benzene rings is 3. The molecule has 5 rings (SSSR count). The van der Waals surface area contributed by atoms with Gasteiger partial charge in [-0.25, -0.2) is 4.98 Å². The Bertz CT molecular complexity index is 1290. The van der Waals surface area contributed by atoms with Crippen LogP contribution in [-0.2, 0) is 24.2 Å². The lowest BCUT2D eigenvalue weighted by Crippen LogP contribution is -2.35. The van der Waals surface area contributed by atoms with Crippen LogP contribution in [0.2, 0.25) is 0 Å². The summed E-state index contributed by atoms with van der Waals surface area (Å²) in [5.41, 5.74) is 3.99. The van der Waals surface area contributed by atoms with Gasteiger partial charge in [0, 0.05) is 26.1 Å². The maximum atomic E-state index is 13.0. The van der Waals surface area contributed by atoms with Gasteiger partial charge in [-0.05, 0) is 28.8 Å². The van der Waals surface area contributed by atoms with Crippen LogP contribution in [-0.4, -0.2) is 33.4 Å². The molecule has 0 saturated heterocycles. The van der Waals surface area contributed by atoms with Crippen LogP contribution in [0.5, 0.6) is 0 Å². The van der Waals surface area contributed by atoms with Gasteiger partial charge in [0.2, 0.25) is 5.91 Å². The lowest BCUT2D eigenvalue weighted by atomic mass is 10.0. The lowest BCUT2D eigenvalue weighted by molar-refractivity contribution is -0.130. The zero-order chi connectivity index (χ0) is 21.2. The van der Waals surface area contributed by atoms with Gasteiger partial charge in [0.05, 0.1) is 17.3 Å². The van der Waals surface area contributed by atoms with E-state index >= 15 is 0 Å². The van der Waals surface area contributed by atoms with Gasteiger partial charge in [-0.1, -0.05) is 66.7 Å². The third-order valence-corrected chi connectivity index (χ3v) is 5.91. The predicted molar refractivity (Wildman–Crippen MR) is 122 cm³/mol. The largest absolute Gasteiger partial charge is 0.340 e. The molecule has 0 aliphatic carbocycles. The number of hydrogen-bond acceptors (Lipinski definition) is 3. The van der Waals surface area contributed by atoms with Gasteiger partial charge < -0.3 is 4.90 Å². The Morgan fingerprint density at radius 3 is 2.32 bits per heavy atom. The van der Waals surface area contributed by atoms with Gasteiger partial charge in [-0.15, -0.1) is 0 Å². The molecule has 4 aromatic rings. The molecule has 0 atom stereocenters. The standard InChI is InChI=1S/C26H23N3O2/c30-25(18-19-10-12-21(13-11-19)20-6-2-1-3-7-20)28-15-14-24-27-23-9-5-4-8-22(23)26(31)29(24)17-16-28/h1-13H,14-18H2. The Hall–Kier alpha value is -3.73. The average molecular weight is 409 g/mol. The van der Waals surface area contributed by atoms with E-state index < -0.39 is 0 Å². The number of hydrogen-bond donors (Lipinski definition) is 0. The summed E-state index contributed by atoms with van der Waals surface area (Å²) in [6.07, 6.45) is 0.939. The van der Waals surface area contributed by atoms with E-state index in [9.17, 15) is 9.59 Å². The van der Waals surface area contributed by atoms with Crippen molar-refractivity contribution in [3.63, 3.8) is 0 Å². The Balaban J connectivity index is 1.30. The zero-order valence-corrected chi connectivity index (χ0v) is 17.2. The van der Waals surface area contributed by atoms with Crippen LogP contribution < -0.4 is 5.56 Å². The summed E-state index contributed by atoms with van der Waals surface area (Å²) in [7, 11) is 0. The lowest BCUT2D eigenvalue weighted by Gasteiger charge is -2.20. The fraction of sp³-hybridized carbons (Fsp3) is 0.192. The Morgan fingerprint density at radius 2 is 1.52 bits per heavy atom. The van der Waals surface area contributed by atoms with Crippen molar-refractivity contribution in [1.29, 1.82) is 0 Å². The van der Waals surface area contributed by atoms with Gasteiger partial charge in [-0.2, -0.15) is 0 Å². The van der Waals surface area contributed by atoms with Crippen molar-refractivity contribution in [3.05, 3.63) is 101 Å². The fourth-order valence-corrected chi connectivity index (χ4v) is 4.18. The fourth-order valence-electron chi connectivity index (χ4n) is 4.18. The normalized spacial score (nSPS) is 13.6. The second-order valence-corrected chi connectivity index (χ2v) is 7.87. The maximum Gasteiger partial charge on any atom is 0.261 e. The molecule has 5 nitrogen and oxygen atoms in total. The van der Waals surface area contributed by atoms with Crippen LogP contribution in [0.4, 0.5) is 0 Å². The number of fused-ring (bicyclic) bond motifs is 2. The van der Waals surface area contributed by atoms with E-state index in [-0.39, 0.29) is 11.5 Å². The monoisotopic (exact) mass is 409 g/mol. The molecule has 0 spiro atoms. The van der Waals surface area contributed by atoms with Crippen LogP contribution in [0.3, 0.4) is 0 Å². The molecular formula is C26H23N3O2. The van der Waals surface area contributed by atoms with E-state index in [2.05, 4.69) is 29.2 Å². The number of nitrogens with zero attached hydrogens (tertiary/aromatic N) is 3. The highest BCUT2D eigenvalue weighted by Gasteiger charge is 2.21. The Labute approximate surface area is 180 Å². The van der Waals surface area contributed by atoms with Crippen molar-refractivity contribution < 1.29 is 4.79 Å². The molecule has 0 radical (unpaired) electrons. The molecule has 2 heterocycles. The van der Waals surface area contributed by atoms with Crippen LogP contribution in [0, 0.1) is 0 Å². The topological polar surface area (TPSA) is 55.2 Å². The summed E-state index contributed by atoms with van der Waals surface area (Å²) in [5, 5.41) is 0.629. The van der Waals surface area contributed by atoms with E-state index in [0.717, 1.165) is 28.0 Å². The van der Waals surface area contributed by atoms with E-state index in [4.69, 9.17) is 0 Å². The first-order valence-electron chi connectivity index (χ1n) is 10.6. The smallest absolute Gasteiger partial charge is 0.261 e. The summed E-state index contributed by atoms with van der Waals surface area (Å²) in [4.78, 5) is 32.4. The quantitative estimate of drug-likeness (QED) is 0.519. The summed E-state index contributed by atoms with van der Waals surface area (Å²) in [5.74, 6) is 0.837. The third-order valence-electron chi connectivity index (χ3n) is 5.91. The van der Waals surface area contributed by atoms with Crippen molar-refractivity contribution in [3.8, 4) is 11.1 Å². The molecule has 154 valence electrons. The number of para-hydroxylation sites is 1. The summed E-state index contributed by atoms with van der Waals surface area (Å²) in [6.45, 7) is 1.57. The second-order valence-electron chi connectivity index (χ2n) is 7.87. The number of carbonyl (C=O) groups excluding carboxylic acids is 1.